The highest BCUT2D eigenvalue weighted by molar-refractivity contribution is 7.22. The van der Waals surface area contributed by atoms with Crippen LogP contribution in [0.1, 0.15) is 36.5 Å². The number of thiophene rings is 1. The largest absolute Gasteiger partial charge is 0.492 e. The summed E-state index contributed by atoms with van der Waals surface area (Å²) in [6.45, 7) is 6.77. The average Bonchev–Trinajstić information content (AvgIpc) is 3.54. The van der Waals surface area contributed by atoms with E-state index in [1.54, 1.807) is 0 Å². The summed E-state index contributed by atoms with van der Waals surface area (Å²) >= 11 is 1.88. The lowest BCUT2D eigenvalue weighted by Gasteiger charge is -2.15. The predicted molar refractivity (Wildman–Crippen MR) is 154 cm³/mol. The van der Waals surface area contributed by atoms with Gasteiger partial charge in [0.05, 0.1) is 5.84 Å². The Labute approximate surface area is 218 Å². The first-order chi connectivity index (χ1) is 17.7. The zero-order chi connectivity index (χ0) is 24.7. The van der Waals surface area contributed by atoms with Crippen LogP contribution in [0, 0.1) is 0 Å². The van der Waals surface area contributed by atoms with Crippen molar-refractivity contribution in [1.29, 1.82) is 0 Å². The van der Waals surface area contributed by atoms with Gasteiger partial charge in [-0.05, 0) is 91.5 Å². The van der Waals surface area contributed by atoms with E-state index < -0.39 is 0 Å². The van der Waals surface area contributed by atoms with Gasteiger partial charge < -0.3 is 10.5 Å². The van der Waals surface area contributed by atoms with E-state index in [2.05, 4.69) is 82.7 Å². The smallest absolute Gasteiger partial charge is 0.119 e. The molecule has 3 aromatic carbocycles. The Balaban J connectivity index is 1.31. The van der Waals surface area contributed by atoms with Gasteiger partial charge >= 0.3 is 0 Å². The second-order valence-corrected chi connectivity index (χ2v) is 10.6. The standard InChI is InChI=1S/C31H35N3OS/c1-23(32)33-17-16-24-8-12-26(13-9-24)31-29(28-6-2-3-7-30(28)36-31)22-25-10-14-27(15-11-25)35-21-20-34-18-4-5-19-34/h2-3,6-15H,4-5,16-22H2,1H3,(H2,32,33). The molecule has 5 rings (SSSR count). The summed E-state index contributed by atoms with van der Waals surface area (Å²) in [4.78, 5) is 8.15. The molecule has 186 valence electrons. The summed E-state index contributed by atoms with van der Waals surface area (Å²) in [7, 11) is 0. The molecule has 0 saturated carbocycles. The molecule has 1 fully saturated rings. The lowest BCUT2D eigenvalue weighted by atomic mass is 9.98. The number of hydrogen-bond donors (Lipinski definition) is 1. The van der Waals surface area contributed by atoms with Gasteiger partial charge in [0.2, 0.25) is 0 Å². The van der Waals surface area contributed by atoms with E-state index in [1.807, 2.05) is 18.3 Å². The molecule has 5 heteroatoms. The minimum Gasteiger partial charge on any atom is -0.492 e. The molecule has 4 nitrogen and oxygen atoms in total. The zero-order valence-corrected chi connectivity index (χ0v) is 21.9. The summed E-state index contributed by atoms with van der Waals surface area (Å²) in [6, 6.07) is 26.4. The van der Waals surface area contributed by atoms with Crippen molar-refractivity contribution in [2.75, 3.05) is 32.8 Å². The Morgan fingerprint density at radius 1 is 0.944 bits per heavy atom. The Bertz CT molecular complexity index is 1300. The molecule has 0 spiro atoms. The number of ether oxygens (including phenoxy) is 1. The molecule has 1 saturated heterocycles. The second kappa shape index (κ2) is 11.7. The SMILES string of the molecule is CC(N)=NCCc1ccc(-c2sc3ccccc3c2Cc2ccc(OCCN3CCCC3)cc2)cc1. The Kier molecular flexibility index (Phi) is 7.99. The number of nitrogens with two attached hydrogens (primary N) is 1. The van der Waals surface area contributed by atoms with Crippen LogP contribution >= 0.6 is 11.3 Å². The first kappa shape index (κ1) is 24.5. The highest BCUT2D eigenvalue weighted by atomic mass is 32.1. The van der Waals surface area contributed by atoms with Crippen molar-refractivity contribution >= 4 is 27.3 Å². The molecule has 1 aromatic heterocycles. The molecule has 1 aliphatic rings. The number of hydrogen-bond acceptors (Lipinski definition) is 4. The number of aliphatic imine (C=N–C) groups is 1. The summed E-state index contributed by atoms with van der Waals surface area (Å²) < 4.78 is 7.35. The minimum atomic E-state index is 0.642. The Morgan fingerprint density at radius 3 is 2.42 bits per heavy atom. The first-order valence-corrected chi connectivity index (χ1v) is 13.8. The number of nitrogens with zero attached hydrogens (tertiary/aromatic N) is 2. The zero-order valence-electron chi connectivity index (χ0n) is 21.1. The van der Waals surface area contributed by atoms with Crippen molar-refractivity contribution in [1.82, 2.24) is 4.90 Å². The number of likely N-dealkylation sites (tertiary alicyclic amines) is 1. The average molecular weight is 498 g/mol. The van der Waals surface area contributed by atoms with Gasteiger partial charge in [0.1, 0.15) is 12.4 Å². The van der Waals surface area contributed by atoms with Gasteiger partial charge in [0.25, 0.3) is 0 Å². The van der Waals surface area contributed by atoms with E-state index in [-0.39, 0.29) is 0 Å². The molecule has 2 N–H and O–H groups in total. The van der Waals surface area contributed by atoms with Crippen LogP contribution in [0.25, 0.3) is 20.5 Å². The van der Waals surface area contributed by atoms with Crippen LogP contribution in [0.5, 0.6) is 5.75 Å². The molecule has 4 aromatic rings. The molecule has 1 aliphatic heterocycles. The van der Waals surface area contributed by atoms with Crippen molar-refractivity contribution in [3.63, 3.8) is 0 Å². The van der Waals surface area contributed by atoms with Gasteiger partial charge in [-0.25, -0.2) is 0 Å². The maximum atomic E-state index is 6.02. The maximum absolute atomic E-state index is 6.02. The van der Waals surface area contributed by atoms with Crippen LogP contribution in [-0.2, 0) is 12.8 Å². The molecular formula is C31H35N3OS. The molecule has 0 bridgehead atoms. The highest BCUT2D eigenvalue weighted by Crippen LogP contribution is 2.40. The molecule has 0 radical (unpaired) electrons. The quantitative estimate of drug-likeness (QED) is 0.200. The topological polar surface area (TPSA) is 50.9 Å². The van der Waals surface area contributed by atoms with Crippen molar-refractivity contribution in [3.8, 4) is 16.2 Å². The van der Waals surface area contributed by atoms with E-state index in [4.69, 9.17) is 10.5 Å². The fourth-order valence-corrected chi connectivity index (χ4v) is 6.13. The molecule has 0 atom stereocenters. The fraction of sp³-hybridized carbons (Fsp3) is 0.323. The van der Waals surface area contributed by atoms with Crippen LogP contribution < -0.4 is 10.5 Å². The van der Waals surface area contributed by atoms with Gasteiger partial charge in [0, 0.05) is 22.7 Å². The molecule has 0 amide bonds. The Morgan fingerprint density at radius 2 is 1.67 bits per heavy atom. The third-order valence-electron chi connectivity index (χ3n) is 6.86. The summed E-state index contributed by atoms with van der Waals surface area (Å²) in [6.07, 6.45) is 4.45. The molecular weight excluding hydrogens is 462 g/mol. The van der Waals surface area contributed by atoms with E-state index >= 15 is 0 Å². The summed E-state index contributed by atoms with van der Waals surface area (Å²) in [5, 5.41) is 1.35. The van der Waals surface area contributed by atoms with Crippen LogP contribution in [-0.4, -0.2) is 43.5 Å². The molecule has 36 heavy (non-hydrogen) atoms. The van der Waals surface area contributed by atoms with Gasteiger partial charge in [0.15, 0.2) is 0 Å². The van der Waals surface area contributed by atoms with Crippen molar-refractivity contribution in [2.24, 2.45) is 10.7 Å². The van der Waals surface area contributed by atoms with Crippen molar-refractivity contribution < 1.29 is 4.74 Å². The number of rotatable bonds is 10. The van der Waals surface area contributed by atoms with Crippen LogP contribution in [0.4, 0.5) is 0 Å². The normalized spacial score (nSPS) is 14.5. The van der Waals surface area contributed by atoms with E-state index in [0.29, 0.717) is 5.84 Å². The van der Waals surface area contributed by atoms with Crippen LogP contribution in [0.3, 0.4) is 0 Å². The number of benzene rings is 3. The van der Waals surface area contributed by atoms with Gasteiger partial charge in [-0.3, -0.25) is 9.89 Å². The second-order valence-electron chi connectivity index (χ2n) is 9.59. The molecule has 0 unspecified atom stereocenters. The van der Waals surface area contributed by atoms with E-state index in [1.165, 1.54) is 63.1 Å². The highest BCUT2D eigenvalue weighted by Gasteiger charge is 2.15. The van der Waals surface area contributed by atoms with Crippen LogP contribution in [0.2, 0.25) is 0 Å². The monoisotopic (exact) mass is 497 g/mol. The first-order valence-electron chi connectivity index (χ1n) is 13.0. The molecule has 2 heterocycles. The van der Waals surface area contributed by atoms with Gasteiger partial charge in [-0.2, -0.15) is 0 Å². The lowest BCUT2D eigenvalue weighted by molar-refractivity contribution is 0.238. The third-order valence-corrected chi connectivity index (χ3v) is 8.12. The van der Waals surface area contributed by atoms with Gasteiger partial charge in [-0.15, -0.1) is 11.3 Å². The van der Waals surface area contributed by atoms with E-state index in [0.717, 1.165) is 38.3 Å². The Hall–Kier alpha value is -3.15. The van der Waals surface area contributed by atoms with E-state index in [9.17, 15) is 0 Å². The summed E-state index contributed by atoms with van der Waals surface area (Å²) in [5.74, 6) is 1.60. The van der Waals surface area contributed by atoms with Crippen molar-refractivity contribution in [3.05, 3.63) is 89.5 Å². The maximum Gasteiger partial charge on any atom is 0.119 e. The van der Waals surface area contributed by atoms with Gasteiger partial charge in [-0.1, -0.05) is 54.6 Å². The fourth-order valence-electron chi connectivity index (χ4n) is 4.90. The lowest BCUT2D eigenvalue weighted by Crippen LogP contribution is -2.25. The minimum absolute atomic E-state index is 0.642. The number of fused-ring (bicyclic) bond motifs is 1. The third kappa shape index (κ3) is 6.15. The predicted octanol–water partition coefficient (Wildman–Crippen LogP) is 6.55. The number of amidine groups is 1. The summed E-state index contributed by atoms with van der Waals surface area (Å²) in [5.41, 5.74) is 10.9. The molecule has 0 aliphatic carbocycles. The van der Waals surface area contributed by atoms with Crippen LogP contribution in [0.15, 0.2) is 77.8 Å². The van der Waals surface area contributed by atoms with Crippen molar-refractivity contribution in [2.45, 2.75) is 32.6 Å².